The Labute approximate surface area is 111 Å². The van der Waals surface area contributed by atoms with Gasteiger partial charge in [0.2, 0.25) is 0 Å². The van der Waals surface area contributed by atoms with Crippen molar-refractivity contribution in [1.29, 1.82) is 0 Å². The third-order valence-corrected chi connectivity index (χ3v) is 2.48. The van der Waals surface area contributed by atoms with Crippen molar-refractivity contribution in [3.63, 3.8) is 0 Å². The maximum atomic E-state index is 4.23. The van der Waals surface area contributed by atoms with E-state index in [1.54, 1.807) is 15.9 Å². The van der Waals surface area contributed by atoms with Gasteiger partial charge in [0.1, 0.15) is 5.69 Å². The molecule has 0 radical (unpaired) electrons. The molecule has 1 heterocycles. The van der Waals surface area contributed by atoms with Crippen LogP contribution in [0, 0.1) is 0 Å². The van der Waals surface area contributed by atoms with Crippen molar-refractivity contribution in [1.82, 2.24) is 15.0 Å². The van der Waals surface area contributed by atoms with Crippen molar-refractivity contribution >= 4 is 0 Å². The summed E-state index contributed by atoms with van der Waals surface area (Å²) in [6.07, 6.45) is 1.54. The number of hydrogen-bond acceptors (Lipinski definition) is 2. The summed E-state index contributed by atoms with van der Waals surface area (Å²) in [5, 5.41) is 8.46. The van der Waals surface area contributed by atoms with Gasteiger partial charge in [-0.1, -0.05) is 36.4 Å². The van der Waals surface area contributed by atoms with Gasteiger partial charge in [0.25, 0.3) is 6.33 Å². The fraction of sp³-hybridized carbons (Fsp3) is 0. The molecule has 3 rings (SSSR count). The van der Waals surface area contributed by atoms with Crippen molar-refractivity contribution in [3.8, 4) is 11.4 Å². The van der Waals surface area contributed by atoms with E-state index in [0.717, 1.165) is 11.4 Å². The Bertz CT molecular complexity index is 553. The number of nitrogens with zero attached hydrogens (tertiary/aromatic N) is 4. The van der Waals surface area contributed by atoms with Crippen LogP contribution in [-0.4, -0.2) is 15.0 Å². The molecular formula is C13H11ClN4. The van der Waals surface area contributed by atoms with Gasteiger partial charge < -0.3 is 12.4 Å². The van der Waals surface area contributed by atoms with Gasteiger partial charge in [-0.2, -0.15) is 0 Å². The first-order chi connectivity index (χ1) is 8.45. The Morgan fingerprint density at radius 3 is 2.11 bits per heavy atom. The van der Waals surface area contributed by atoms with Crippen LogP contribution in [0.15, 0.2) is 67.0 Å². The quantitative estimate of drug-likeness (QED) is 0.527. The molecule has 0 fully saturated rings. The lowest BCUT2D eigenvalue weighted by Gasteiger charge is -1.98. The highest BCUT2D eigenvalue weighted by Crippen LogP contribution is 2.03. The van der Waals surface area contributed by atoms with E-state index in [9.17, 15) is 0 Å². The first-order valence-electron chi connectivity index (χ1n) is 5.38. The molecule has 0 amide bonds. The molecule has 0 unspecified atom stereocenters. The molecule has 5 heteroatoms. The fourth-order valence-corrected chi connectivity index (χ4v) is 1.69. The molecule has 0 aliphatic heterocycles. The second-order valence-electron chi connectivity index (χ2n) is 3.60. The highest BCUT2D eigenvalue weighted by molar-refractivity contribution is 5.28. The zero-order valence-corrected chi connectivity index (χ0v) is 10.3. The van der Waals surface area contributed by atoms with Crippen LogP contribution in [0.25, 0.3) is 11.4 Å². The highest BCUT2D eigenvalue weighted by atomic mass is 35.5. The molecule has 0 bridgehead atoms. The number of tetrazole rings is 1. The topological polar surface area (TPSA) is 34.6 Å². The Hall–Kier alpha value is -2.20. The third kappa shape index (κ3) is 2.24. The lowest BCUT2D eigenvalue weighted by Crippen LogP contribution is -3.00. The minimum Gasteiger partial charge on any atom is -1.00 e. The molecule has 0 saturated heterocycles. The van der Waals surface area contributed by atoms with Crippen LogP contribution in [0.1, 0.15) is 0 Å². The van der Waals surface area contributed by atoms with Crippen LogP contribution >= 0.6 is 0 Å². The smallest absolute Gasteiger partial charge is 0.297 e. The van der Waals surface area contributed by atoms with Crippen LogP contribution in [0.5, 0.6) is 0 Å². The summed E-state index contributed by atoms with van der Waals surface area (Å²) in [5.74, 6) is 0. The predicted molar refractivity (Wildman–Crippen MR) is 62.9 cm³/mol. The monoisotopic (exact) mass is 258 g/mol. The van der Waals surface area contributed by atoms with Crippen molar-refractivity contribution in [3.05, 3.63) is 67.0 Å². The molecule has 1 aromatic heterocycles. The van der Waals surface area contributed by atoms with E-state index in [1.807, 2.05) is 60.7 Å². The number of para-hydroxylation sites is 2. The summed E-state index contributed by atoms with van der Waals surface area (Å²) in [7, 11) is 0. The van der Waals surface area contributed by atoms with Crippen LogP contribution in [0.3, 0.4) is 0 Å². The molecule has 0 aliphatic carbocycles. The number of halogens is 1. The summed E-state index contributed by atoms with van der Waals surface area (Å²) < 4.78 is 0. The highest BCUT2D eigenvalue weighted by Gasteiger charge is 2.14. The van der Waals surface area contributed by atoms with Crippen molar-refractivity contribution in [2.45, 2.75) is 0 Å². The lowest BCUT2D eigenvalue weighted by molar-refractivity contribution is -0.735. The first kappa shape index (κ1) is 12.3. The molecule has 0 N–H and O–H groups in total. The average Bonchev–Trinajstić information content (AvgIpc) is 2.90. The van der Waals surface area contributed by atoms with Gasteiger partial charge in [0.15, 0.2) is 5.69 Å². The van der Waals surface area contributed by atoms with Crippen LogP contribution in [0.4, 0.5) is 0 Å². The van der Waals surface area contributed by atoms with E-state index in [-0.39, 0.29) is 12.4 Å². The molecule has 0 aliphatic rings. The Kier molecular flexibility index (Phi) is 3.69. The number of aromatic nitrogens is 4. The van der Waals surface area contributed by atoms with E-state index in [2.05, 4.69) is 10.2 Å². The van der Waals surface area contributed by atoms with Gasteiger partial charge >= 0.3 is 0 Å². The summed E-state index contributed by atoms with van der Waals surface area (Å²) in [6, 6.07) is 19.8. The van der Waals surface area contributed by atoms with Crippen molar-refractivity contribution < 1.29 is 17.2 Å². The van der Waals surface area contributed by atoms with E-state index in [1.165, 1.54) is 0 Å². The van der Waals surface area contributed by atoms with Crippen LogP contribution < -0.4 is 17.2 Å². The molecule has 18 heavy (non-hydrogen) atoms. The summed E-state index contributed by atoms with van der Waals surface area (Å²) in [4.78, 5) is 3.52. The van der Waals surface area contributed by atoms with Gasteiger partial charge in [-0.25, -0.2) is 0 Å². The average molecular weight is 259 g/mol. The SMILES string of the molecule is [Cl-].c1ccc(-n2ncn[n+]2-c2ccccc2)cc1. The van der Waals surface area contributed by atoms with Crippen LogP contribution in [-0.2, 0) is 0 Å². The predicted octanol–water partition coefficient (Wildman–Crippen LogP) is -1.45. The third-order valence-electron chi connectivity index (χ3n) is 2.48. The maximum Gasteiger partial charge on any atom is 0.297 e. The number of rotatable bonds is 2. The van der Waals surface area contributed by atoms with E-state index in [0.29, 0.717) is 0 Å². The summed E-state index contributed by atoms with van der Waals surface area (Å²) in [6.45, 7) is 0. The van der Waals surface area contributed by atoms with E-state index < -0.39 is 0 Å². The summed E-state index contributed by atoms with van der Waals surface area (Å²) >= 11 is 0. The minimum atomic E-state index is 0. The Morgan fingerprint density at radius 1 is 0.833 bits per heavy atom. The normalized spacial score (nSPS) is 9.78. The Morgan fingerprint density at radius 2 is 1.44 bits per heavy atom. The molecule has 4 nitrogen and oxygen atoms in total. The number of hydrogen-bond donors (Lipinski definition) is 0. The second kappa shape index (κ2) is 5.42. The molecule has 0 spiro atoms. The molecular weight excluding hydrogens is 248 g/mol. The first-order valence-corrected chi connectivity index (χ1v) is 5.38. The van der Waals surface area contributed by atoms with Crippen molar-refractivity contribution in [2.75, 3.05) is 0 Å². The zero-order chi connectivity index (χ0) is 11.5. The largest absolute Gasteiger partial charge is 1.00 e. The lowest BCUT2D eigenvalue weighted by atomic mass is 10.3. The molecule has 0 saturated carbocycles. The Balaban J connectivity index is 0.00000120. The minimum absolute atomic E-state index is 0. The van der Waals surface area contributed by atoms with Crippen molar-refractivity contribution in [2.24, 2.45) is 0 Å². The number of benzene rings is 2. The van der Waals surface area contributed by atoms with Gasteiger partial charge in [0, 0.05) is 4.80 Å². The van der Waals surface area contributed by atoms with Gasteiger partial charge in [-0.15, -0.1) is 0 Å². The van der Waals surface area contributed by atoms with Gasteiger partial charge in [-0.05, 0) is 34.2 Å². The van der Waals surface area contributed by atoms with Crippen LogP contribution in [0.2, 0.25) is 0 Å². The standard InChI is InChI=1S/C13H11N4.ClH/c1-3-7-12(8-4-1)16-14-11-15-17(16)13-9-5-2-6-10-13;/h1-11H;1H/q+1;/p-1. The fourth-order valence-electron chi connectivity index (χ4n) is 1.69. The molecule has 2 aromatic carbocycles. The molecule has 90 valence electrons. The molecule has 3 aromatic rings. The summed E-state index contributed by atoms with van der Waals surface area (Å²) in [5.41, 5.74) is 1.96. The van der Waals surface area contributed by atoms with Gasteiger partial charge in [-0.3, -0.25) is 0 Å². The van der Waals surface area contributed by atoms with E-state index >= 15 is 0 Å². The van der Waals surface area contributed by atoms with Gasteiger partial charge in [0.05, 0.1) is 5.10 Å². The second-order valence-corrected chi connectivity index (χ2v) is 3.60. The zero-order valence-electron chi connectivity index (χ0n) is 9.52. The molecule has 0 atom stereocenters. The van der Waals surface area contributed by atoms with E-state index in [4.69, 9.17) is 0 Å². The maximum absolute atomic E-state index is 4.23.